The van der Waals surface area contributed by atoms with Gasteiger partial charge in [-0.25, -0.2) is 4.68 Å². The number of nitrogens with one attached hydrogen (secondary N) is 1. The minimum atomic E-state index is -0.0449. The third-order valence-electron chi connectivity index (χ3n) is 4.96. The predicted octanol–water partition coefficient (Wildman–Crippen LogP) is 3.95. The normalized spacial score (nSPS) is 13.6. The summed E-state index contributed by atoms with van der Waals surface area (Å²) in [6.45, 7) is 4.62. The van der Waals surface area contributed by atoms with E-state index in [9.17, 15) is 4.79 Å². The number of carbonyl (C=O) groups excluding carboxylic acids is 1. The molecule has 0 radical (unpaired) electrons. The minimum Gasteiger partial charge on any atom is -0.348 e. The Morgan fingerprint density at radius 3 is 2.78 bits per heavy atom. The molecule has 2 aromatic heterocycles. The molecule has 138 valence electrons. The number of hydrogen-bond acceptors (Lipinski definition) is 3. The van der Waals surface area contributed by atoms with Gasteiger partial charge in [0.1, 0.15) is 0 Å². The zero-order chi connectivity index (χ0) is 18.8. The van der Waals surface area contributed by atoms with Crippen molar-refractivity contribution in [1.29, 1.82) is 0 Å². The molecule has 2 heterocycles. The second-order valence-electron chi connectivity index (χ2n) is 7.13. The zero-order valence-corrected chi connectivity index (χ0v) is 15.8. The standard InChI is InChI=1S/C22H24N4O/c1-3-19-20(22(27)24-14-16-7-5-11-23-13-16)21(17-9-10-17)25-26(19)18-8-4-6-15(2)12-18/h4-8,11-13,17H,3,9-10,14H2,1-2H3,(H,24,27). The number of nitrogens with zero attached hydrogens (tertiary/aromatic N) is 3. The summed E-state index contributed by atoms with van der Waals surface area (Å²) in [5.41, 5.74) is 5.86. The van der Waals surface area contributed by atoms with Crippen LogP contribution in [0.25, 0.3) is 5.69 Å². The molecular formula is C22H24N4O. The Kier molecular flexibility index (Phi) is 4.75. The molecule has 5 nitrogen and oxygen atoms in total. The summed E-state index contributed by atoms with van der Waals surface area (Å²) in [6, 6.07) is 12.1. The van der Waals surface area contributed by atoms with Gasteiger partial charge in [-0.15, -0.1) is 0 Å². The molecule has 3 aromatic rings. The topological polar surface area (TPSA) is 59.8 Å². The maximum absolute atomic E-state index is 13.1. The van der Waals surface area contributed by atoms with E-state index in [0.717, 1.165) is 47.5 Å². The predicted molar refractivity (Wildman–Crippen MR) is 105 cm³/mol. The highest BCUT2D eigenvalue weighted by molar-refractivity contribution is 5.97. The molecule has 1 aliphatic carbocycles. The van der Waals surface area contributed by atoms with Crippen LogP contribution in [-0.2, 0) is 13.0 Å². The molecule has 4 rings (SSSR count). The van der Waals surface area contributed by atoms with Crippen molar-refractivity contribution < 1.29 is 4.79 Å². The van der Waals surface area contributed by atoms with E-state index >= 15 is 0 Å². The van der Waals surface area contributed by atoms with Crippen molar-refractivity contribution in [2.24, 2.45) is 0 Å². The van der Waals surface area contributed by atoms with Gasteiger partial charge in [0.2, 0.25) is 0 Å². The van der Waals surface area contributed by atoms with Crippen LogP contribution in [0.5, 0.6) is 0 Å². The number of aromatic nitrogens is 3. The van der Waals surface area contributed by atoms with Crippen LogP contribution in [0.4, 0.5) is 0 Å². The fourth-order valence-corrected chi connectivity index (χ4v) is 3.43. The monoisotopic (exact) mass is 360 g/mol. The Morgan fingerprint density at radius 2 is 2.11 bits per heavy atom. The molecular weight excluding hydrogens is 336 g/mol. The number of amides is 1. The molecule has 1 fully saturated rings. The van der Waals surface area contributed by atoms with Gasteiger partial charge in [0.05, 0.1) is 22.6 Å². The van der Waals surface area contributed by atoms with E-state index in [1.807, 2.05) is 28.9 Å². The fraction of sp³-hybridized carbons (Fsp3) is 0.318. The average Bonchev–Trinajstić information content (AvgIpc) is 3.46. The minimum absolute atomic E-state index is 0.0449. The number of pyridine rings is 1. The molecule has 1 aliphatic rings. The lowest BCUT2D eigenvalue weighted by Gasteiger charge is -2.09. The molecule has 0 aliphatic heterocycles. The van der Waals surface area contributed by atoms with Gasteiger partial charge in [-0.05, 0) is 55.5 Å². The van der Waals surface area contributed by atoms with E-state index in [-0.39, 0.29) is 5.91 Å². The summed E-state index contributed by atoms with van der Waals surface area (Å²) >= 11 is 0. The first-order chi connectivity index (χ1) is 13.2. The summed E-state index contributed by atoms with van der Waals surface area (Å²) in [7, 11) is 0. The van der Waals surface area contributed by atoms with Crippen molar-refractivity contribution in [1.82, 2.24) is 20.1 Å². The molecule has 0 spiro atoms. The van der Waals surface area contributed by atoms with E-state index in [4.69, 9.17) is 5.10 Å². The van der Waals surface area contributed by atoms with Crippen molar-refractivity contribution in [3.8, 4) is 5.69 Å². The lowest BCUT2D eigenvalue weighted by Crippen LogP contribution is -2.24. The van der Waals surface area contributed by atoms with Crippen LogP contribution in [0.3, 0.4) is 0 Å². The number of benzene rings is 1. The molecule has 1 N–H and O–H groups in total. The molecule has 1 amide bonds. The Morgan fingerprint density at radius 1 is 1.26 bits per heavy atom. The number of rotatable bonds is 6. The Hall–Kier alpha value is -2.95. The van der Waals surface area contributed by atoms with E-state index in [2.05, 4.69) is 36.3 Å². The van der Waals surface area contributed by atoms with Gasteiger partial charge >= 0.3 is 0 Å². The van der Waals surface area contributed by atoms with Gasteiger partial charge in [-0.1, -0.05) is 25.1 Å². The van der Waals surface area contributed by atoms with E-state index < -0.39 is 0 Å². The van der Waals surface area contributed by atoms with Crippen molar-refractivity contribution >= 4 is 5.91 Å². The van der Waals surface area contributed by atoms with Crippen LogP contribution in [0.15, 0.2) is 48.8 Å². The van der Waals surface area contributed by atoms with Gasteiger partial charge < -0.3 is 5.32 Å². The quantitative estimate of drug-likeness (QED) is 0.724. The van der Waals surface area contributed by atoms with E-state index in [0.29, 0.717) is 12.5 Å². The maximum Gasteiger partial charge on any atom is 0.255 e. The van der Waals surface area contributed by atoms with Crippen LogP contribution < -0.4 is 5.32 Å². The first-order valence-corrected chi connectivity index (χ1v) is 9.53. The Balaban J connectivity index is 1.69. The van der Waals surface area contributed by atoms with Crippen LogP contribution in [-0.4, -0.2) is 20.7 Å². The first kappa shape index (κ1) is 17.5. The molecule has 0 bridgehead atoms. The molecule has 0 saturated heterocycles. The van der Waals surface area contributed by atoms with Gasteiger partial charge in [-0.3, -0.25) is 9.78 Å². The average molecular weight is 360 g/mol. The highest BCUT2D eigenvalue weighted by atomic mass is 16.1. The van der Waals surface area contributed by atoms with Gasteiger partial charge in [-0.2, -0.15) is 5.10 Å². The van der Waals surface area contributed by atoms with E-state index in [1.54, 1.807) is 12.4 Å². The molecule has 27 heavy (non-hydrogen) atoms. The maximum atomic E-state index is 13.1. The summed E-state index contributed by atoms with van der Waals surface area (Å²) < 4.78 is 1.96. The summed E-state index contributed by atoms with van der Waals surface area (Å²) in [5, 5.41) is 7.93. The molecule has 1 saturated carbocycles. The third kappa shape index (κ3) is 3.63. The van der Waals surface area contributed by atoms with Crippen LogP contribution in [0.2, 0.25) is 0 Å². The van der Waals surface area contributed by atoms with Crippen molar-refractivity contribution in [2.75, 3.05) is 0 Å². The molecule has 0 unspecified atom stereocenters. The summed E-state index contributed by atoms with van der Waals surface area (Å²) in [5.74, 6) is 0.358. The third-order valence-corrected chi connectivity index (χ3v) is 4.96. The van der Waals surface area contributed by atoms with Crippen molar-refractivity contribution in [2.45, 2.75) is 45.6 Å². The molecule has 0 atom stereocenters. The molecule has 5 heteroatoms. The summed E-state index contributed by atoms with van der Waals surface area (Å²) in [4.78, 5) is 17.2. The van der Waals surface area contributed by atoms with Crippen LogP contribution in [0, 0.1) is 6.92 Å². The smallest absolute Gasteiger partial charge is 0.255 e. The summed E-state index contributed by atoms with van der Waals surface area (Å²) in [6.07, 6.45) is 6.48. The Labute approximate surface area is 159 Å². The van der Waals surface area contributed by atoms with Crippen molar-refractivity contribution in [3.63, 3.8) is 0 Å². The van der Waals surface area contributed by atoms with Gasteiger partial charge in [0.25, 0.3) is 5.91 Å². The van der Waals surface area contributed by atoms with Crippen LogP contribution in [0.1, 0.15) is 58.6 Å². The van der Waals surface area contributed by atoms with Crippen LogP contribution >= 0.6 is 0 Å². The second kappa shape index (κ2) is 7.35. The lowest BCUT2D eigenvalue weighted by molar-refractivity contribution is 0.0949. The highest BCUT2D eigenvalue weighted by Crippen LogP contribution is 2.42. The van der Waals surface area contributed by atoms with E-state index in [1.165, 1.54) is 5.56 Å². The second-order valence-corrected chi connectivity index (χ2v) is 7.13. The van der Waals surface area contributed by atoms with Gasteiger partial charge in [0, 0.05) is 24.9 Å². The largest absolute Gasteiger partial charge is 0.348 e. The number of hydrogen-bond donors (Lipinski definition) is 1. The van der Waals surface area contributed by atoms with Crippen molar-refractivity contribution in [3.05, 3.63) is 76.9 Å². The number of carbonyl (C=O) groups is 1. The zero-order valence-electron chi connectivity index (χ0n) is 15.8. The number of aryl methyl sites for hydroxylation is 1. The Bertz CT molecular complexity index is 958. The first-order valence-electron chi connectivity index (χ1n) is 9.53. The highest BCUT2D eigenvalue weighted by Gasteiger charge is 2.34. The SMILES string of the molecule is CCc1c(C(=O)NCc2cccnc2)c(C2CC2)nn1-c1cccc(C)c1. The molecule has 1 aromatic carbocycles. The fourth-order valence-electron chi connectivity index (χ4n) is 3.43. The lowest BCUT2D eigenvalue weighted by atomic mass is 10.1. The van der Waals surface area contributed by atoms with Gasteiger partial charge in [0.15, 0.2) is 0 Å².